The predicted octanol–water partition coefficient (Wildman–Crippen LogP) is 4.16. The summed E-state index contributed by atoms with van der Waals surface area (Å²) in [4.78, 5) is 8.22. The fraction of sp³-hybridized carbons (Fsp3) is 0.235. The Hall–Kier alpha value is -3.50. The summed E-state index contributed by atoms with van der Waals surface area (Å²) in [6.07, 6.45) is -0.983. The van der Waals surface area contributed by atoms with Gasteiger partial charge in [-0.2, -0.15) is 5.10 Å². The lowest BCUT2D eigenvalue weighted by atomic mass is 10.3. The van der Waals surface area contributed by atoms with Crippen molar-refractivity contribution in [3.8, 4) is 5.75 Å². The summed E-state index contributed by atoms with van der Waals surface area (Å²) in [5, 5.41) is 10.3. The Morgan fingerprint density at radius 2 is 1.71 bits per heavy atom. The molecule has 1 aliphatic rings. The quantitative estimate of drug-likeness (QED) is 0.449. The molecule has 0 amide bonds. The van der Waals surface area contributed by atoms with Crippen LogP contribution < -0.4 is 20.9 Å². The summed E-state index contributed by atoms with van der Waals surface area (Å²) in [6.45, 7) is 0. The van der Waals surface area contributed by atoms with E-state index in [2.05, 4.69) is 41.1 Å². The maximum Gasteiger partial charge on any atom is 0.573 e. The van der Waals surface area contributed by atoms with Crippen LogP contribution in [-0.2, 0) is 0 Å². The maximum absolute atomic E-state index is 12.2. The van der Waals surface area contributed by atoms with Crippen molar-refractivity contribution in [1.82, 2.24) is 20.2 Å². The maximum atomic E-state index is 12.2. The first-order chi connectivity index (χ1) is 13.4. The van der Waals surface area contributed by atoms with Gasteiger partial charge in [-0.05, 0) is 37.1 Å². The standard InChI is InChI=1S/C17H16F3N7O/c18-17(19,20)28-12-5-3-11(4-6-12)24-26-15-8-14(21-9-22-15)23-16-7-13(25-27-16)10-1-2-10/h3-10,24H,1-2H2,(H3,21,22,23,25,26,27). The summed E-state index contributed by atoms with van der Waals surface area (Å²) in [6, 6.07) is 8.92. The molecule has 3 aromatic rings. The smallest absolute Gasteiger partial charge is 0.406 e. The molecular weight excluding hydrogens is 375 g/mol. The number of nitrogens with one attached hydrogen (secondary N) is 4. The minimum atomic E-state index is -4.72. The molecule has 0 spiro atoms. The molecule has 0 saturated heterocycles. The van der Waals surface area contributed by atoms with Crippen LogP contribution in [0.1, 0.15) is 24.5 Å². The number of hydrogen-bond donors (Lipinski definition) is 4. The molecule has 1 fully saturated rings. The highest BCUT2D eigenvalue weighted by atomic mass is 19.4. The number of hydrogen-bond acceptors (Lipinski definition) is 7. The largest absolute Gasteiger partial charge is 0.573 e. The number of nitrogens with zero attached hydrogens (tertiary/aromatic N) is 3. The molecule has 2 aromatic heterocycles. The van der Waals surface area contributed by atoms with Gasteiger partial charge in [0.1, 0.15) is 23.7 Å². The highest BCUT2D eigenvalue weighted by Gasteiger charge is 2.31. The third-order valence-corrected chi connectivity index (χ3v) is 3.96. The molecule has 0 unspecified atom stereocenters. The molecule has 4 rings (SSSR count). The fourth-order valence-electron chi connectivity index (χ4n) is 2.51. The van der Waals surface area contributed by atoms with Crippen LogP contribution in [0.25, 0.3) is 0 Å². The first-order valence-electron chi connectivity index (χ1n) is 8.47. The number of halogens is 3. The number of anilines is 4. The van der Waals surface area contributed by atoms with E-state index in [-0.39, 0.29) is 5.75 Å². The van der Waals surface area contributed by atoms with E-state index in [4.69, 9.17) is 0 Å². The van der Waals surface area contributed by atoms with E-state index in [0.717, 1.165) is 5.69 Å². The second-order valence-electron chi connectivity index (χ2n) is 6.22. The van der Waals surface area contributed by atoms with Gasteiger partial charge in [0.25, 0.3) is 0 Å². The molecular formula is C17H16F3N7O. The second kappa shape index (κ2) is 7.25. The van der Waals surface area contributed by atoms with Crippen LogP contribution in [0, 0.1) is 0 Å². The Morgan fingerprint density at radius 3 is 2.43 bits per heavy atom. The van der Waals surface area contributed by atoms with Crippen LogP contribution in [0.4, 0.5) is 36.3 Å². The topological polar surface area (TPSA) is 99.8 Å². The number of alkyl halides is 3. The van der Waals surface area contributed by atoms with Crippen molar-refractivity contribution in [3.05, 3.63) is 48.4 Å². The van der Waals surface area contributed by atoms with Crippen molar-refractivity contribution in [3.63, 3.8) is 0 Å². The summed E-state index contributed by atoms with van der Waals surface area (Å²) in [5.74, 6) is 1.95. The van der Waals surface area contributed by atoms with Gasteiger partial charge in [0.15, 0.2) is 5.82 Å². The fourth-order valence-corrected chi connectivity index (χ4v) is 2.51. The molecule has 0 radical (unpaired) electrons. The molecule has 28 heavy (non-hydrogen) atoms. The normalized spacial score (nSPS) is 13.8. The summed E-state index contributed by atoms with van der Waals surface area (Å²) >= 11 is 0. The molecule has 1 aromatic carbocycles. The Labute approximate surface area is 157 Å². The monoisotopic (exact) mass is 391 g/mol. The van der Waals surface area contributed by atoms with Crippen molar-refractivity contribution in [2.75, 3.05) is 16.2 Å². The first kappa shape index (κ1) is 17.9. The van der Waals surface area contributed by atoms with Crippen LogP contribution in [0.3, 0.4) is 0 Å². The number of aromatic nitrogens is 4. The minimum Gasteiger partial charge on any atom is -0.406 e. The van der Waals surface area contributed by atoms with Crippen molar-refractivity contribution < 1.29 is 17.9 Å². The van der Waals surface area contributed by atoms with E-state index in [1.165, 1.54) is 43.4 Å². The Balaban J connectivity index is 1.34. The average Bonchev–Trinajstić information content (AvgIpc) is 3.40. The van der Waals surface area contributed by atoms with Gasteiger partial charge in [-0.1, -0.05) is 0 Å². The molecule has 4 N–H and O–H groups in total. The van der Waals surface area contributed by atoms with E-state index in [1.54, 1.807) is 6.07 Å². The Kier molecular flexibility index (Phi) is 4.63. The van der Waals surface area contributed by atoms with Crippen LogP contribution in [-0.4, -0.2) is 26.5 Å². The SMILES string of the molecule is FC(F)(F)Oc1ccc(NNc2cc(Nc3cc(C4CC4)[nH]n3)ncn2)cc1. The highest BCUT2D eigenvalue weighted by molar-refractivity contribution is 5.58. The van der Waals surface area contributed by atoms with Gasteiger partial charge in [-0.25, -0.2) is 9.97 Å². The van der Waals surface area contributed by atoms with Gasteiger partial charge < -0.3 is 10.1 Å². The molecule has 11 heteroatoms. The van der Waals surface area contributed by atoms with E-state index in [0.29, 0.717) is 29.1 Å². The lowest BCUT2D eigenvalue weighted by molar-refractivity contribution is -0.274. The van der Waals surface area contributed by atoms with E-state index in [1.807, 2.05) is 6.07 Å². The molecule has 0 bridgehead atoms. The van der Waals surface area contributed by atoms with Gasteiger partial charge in [-0.3, -0.25) is 16.0 Å². The molecule has 1 aliphatic carbocycles. The average molecular weight is 391 g/mol. The number of hydrazine groups is 1. The molecule has 146 valence electrons. The zero-order valence-electron chi connectivity index (χ0n) is 14.4. The predicted molar refractivity (Wildman–Crippen MR) is 96.2 cm³/mol. The van der Waals surface area contributed by atoms with Gasteiger partial charge in [0.05, 0.1) is 5.69 Å². The van der Waals surface area contributed by atoms with Crippen LogP contribution in [0.15, 0.2) is 42.7 Å². The highest BCUT2D eigenvalue weighted by Crippen LogP contribution is 2.39. The molecule has 8 nitrogen and oxygen atoms in total. The lowest BCUT2D eigenvalue weighted by Crippen LogP contribution is -2.17. The number of ether oxygens (including phenoxy) is 1. The van der Waals surface area contributed by atoms with E-state index in [9.17, 15) is 13.2 Å². The molecule has 0 atom stereocenters. The van der Waals surface area contributed by atoms with Crippen molar-refractivity contribution >= 4 is 23.1 Å². The summed E-state index contributed by atoms with van der Waals surface area (Å²) in [5.41, 5.74) is 7.34. The van der Waals surface area contributed by atoms with Crippen molar-refractivity contribution in [2.45, 2.75) is 25.1 Å². The van der Waals surface area contributed by atoms with E-state index < -0.39 is 6.36 Å². The van der Waals surface area contributed by atoms with Crippen LogP contribution >= 0.6 is 0 Å². The Morgan fingerprint density at radius 1 is 0.964 bits per heavy atom. The van der Waals surface area contributed by atoms with Gasteiger partial charge in [0.2, 0.25) is 0 Å². The van der Waals surface area contributed by atoms with Crippen LogP contribution in [0.5, 0.6) is 5.75 Å². The molecule has 1 saturated carbocycles. The Bertz CT molecular complexity index is 938. The van der Waals surface area contributed by atoms with Gasteiger partial charge in [0, 0.05) is 23.7 Å². The number of benzene rings is 1. The van der Waals surface area contributed by atoms with Crippen LogP contribution in [0.2, 0.25) is 0 Å². The van der Waals surface area contributed by atoms with Gasteiger partial charge >= 0.3 is 6.36 Å². The lowest BCUT2D eigenvalue weighted by Gasteiger charge is -2.11. The van der Waals surface area contributed by atoms with Gasteiger partial charge in [-0.15, -0.1) is 13.2 Å². The number of H-pyrrole nitrogens is 1. The third kappa shape index (κ3) is 4.81. The summed E-state index contributed by atoms with van der Waals surface area (Å²) < 4.78 is 40.3. The summed E-state index contributed by atoms with van der Waals surface area (Å²) in [7, 11) is 0. The third-order valence-electron chi connectivity index (χ3n) is 3.96. The first-order valence-corrected chi connectivity index (χ1v) is 8.47. The van der Waals surface area contributed by atoms with E-state index >= 15 is 0 Å². The zero-order chi connectivity index (χ0) is 19.6. The van der Waals surface area contributed by atoms with Crippen molar-refractivity contribution in [1.29, 1.82) is 0 Å². The van der Waals surface area contributed by atoms with Crippen molar-refractivity contribution in [2.24, 2.45) is 0 Å². The number of aromatic amines is 1. The number of rotatable bonds is 7. The molecule has 0 aliphatic heterocycles. The minimum absolute atomic E-state index is 0.295. The zero-order valence-corrected chi connectivity index (χ0v) is 14.4. The molecule has 2 heterocycles. The second-order valence-corrected chi connectivity index (χ2v) is 6.22.